The quantitative estimate of drug-likeness (QED) is 0.821. The van der Waals surface area contributed by atoms with E-state index in [1.807, 2.05) is 0 Å². The molecule has 1 atom stereocenters. The van der Waals surface area contributed by atoms with Crippen molar-refractivity contribution in [2.75, 3.05) is 18.9 Å². The SMILES string of the molecule is Cc1nc(NCC(C)N(C)C2CC2)ccc1C(=O)O. The van der Waals surface area contributed by atoms with Crippen molar-refractivity contribution in [3.63, 3.8) is 0 Å². The fraction of sp³-hybridized carbons (Fsp3) is 0.571. The zero-order valence-corrected chi connectivity index (χ0v) is 11.7. The molecular formula is C14H21N3O2. The highest BCUT2D eigenvalue weighted by Gasteiger charge is 2.28. The van der Waals surface area contributed by atoms with Crippen molar-refractivity contribution in [1.82, 2.24) is 9.88 Å². The minimum atomic E-state index is -0.932. The first-order valence-corrected chi connectivity index (χ1v) is 6.65. The lowest BCUT2D eigenvalue weighted by Gasteiger charge is -2.24. The second-order valence-corrected chi connectivity index (χ2v) is 5.26. The van der Waals surface area contributed by atoms with Gasteiger partial charge in [-0.05, 0) is 45.9 Å². The molecule has 1 fully saturated rings. The van der Waals surface area contributed by atoms with E-state index in [-0.39, 0.29) is 5.56 Å². The summed E-state index contributed by atoms with van der Waals surface area (Å²) >= 11 is 0. The Morgan fingerprint density at radius 3 is 2.79 bits per heavy atom. The Bertz CT molecular complexity index is 472. The van der Waals surface area contributed by atoms with Gasteiger partial charge in [0, 0.05) is 18.6 Å². The van der Waals surface area contributed by atoms with E-state index in [4.69, 9.17) is 5.11 Å². The summed E-state index contributed by atoms with van der Waals surface area (Å²) in [5.41, 5.74) is 0.800. The molecule has 1 aliphatic rings. The predicted molar refractivity (Wildman–Crippen MR) is 74.7 cm³/mol. The van der Waals surface area contributed by atoms with E-state index in [9.17, 15) is 4.79 Å². The lowest BCUT2D eigenvalue weighted by molar-refractivity contribution is 0.0695. The molecule has 0 amide bonds. The van der Waals surface area contributed by atoms with Gasteiger partial charge in [-0.3, -0.25) is 4.90 Å². The highest BCUT2D eigenvalue weighted by molar-refractivity contribution is 5.89. The van der Waals surface area contributed by atoms with Crippen LogP contribution in [0.2, 0.25) is 0 Å². The molecule has 0 spiro atoms. The predicted octanol–water partition coefficient (Wildman–Crippen LogP) is 1.98. The number of nitrogens with zero attached hydrogens (tertiary/aromatic N) is 2. The molecule has 0 aromatic carbocycles. The van der Waals surface area contributed by atoms with Crippen molar-refractivity contribution < 1.29 is 9.90 Å². The standard InChI is InChI=1S/C14H21N3O2/c1-9(17(3)11-4-5-11)8-15-13-7-6-12(14(18)19)10(2)16-13/h6-7,9,11H,4-5,8H2,1-3H3,(H,15,16)(H,18,19). The van der Waals surface area contributed by atoms with E-state index >= 15 is 0 Å². The van der Waals surface area contributed by atoms with Gasteiger partial charge >= 0.3 is 5.97 Å². The zero-order valence-electron chi connectivity index (χ0n) is 11.7. The summed E-state index contributed by atoms with van der Waals surface area (Å²) in [6.45, 7) is 4.71. The van der Waals surface area contributed by atoms with Crippen molar-refractivity contribution >= 4 is 11.8 Å². The van der Waals surface area contributed by atoms with Crippen LogP contribution in [0.15, 0.2) is 12.1 Å². The first-order chi connectivity index (χ1) is 8.99. The molecule has 5 heteroatoms. The lowest BCUT2D eigenvalue weighted by atomic mass is 10.2. The third kappa shape index (κ3) is 3.44. The fourth-order valence-electron chi connectivity index (χ4n) is 2.12. The number of rotatable bonds is 6. The Labute approximate surface area is 113 Å². The monoisotopic (exact) mass is 263 g/mol. The summed E-state index contributed by atoms with van der Waals surface area (Å²) < 4.78 is 0. The number of aromatic carboxylic acids is 1. The maximum atomic E-state index is 10.9. The van der Waals surface area contributed by atoms with Crippen molar-refractivity contribution in [3.05, 3.63) is 23.4 Å². The number of aryl methyl sites for hydroxylation is 1. The molecule has 5 nitrogen and oxygen atoms in total. The van der Waals surface area contributed by atoms with Crippen LogP contribution in [0, 0.1) is 6.92 Å². The summed E-state index contributed by atoms with van der Waals surface area (Å²) in [5.74, 6) is -0.197. The average Bonchev–Trinajstić information content (AvgIpc) is 3.18. The molecule has 0 aliphatic heterocycles. The Kier molecular flexibility index (Phi) is 4.04. The maximum Gasteiger partial charge on any atom is 0.337 e. The Morgan fingerprint density at radius 1 is 1.58 bits per heavy atom. The second-order valence-electron chi connectivity index (χ2n) is 5.26. The number of aromatic nitrogens is 1. The molecule has 1 aromatic heterocycles. The van der Waals surface area contributed by atoms with Gasteiger partial charge in [0.2, 0.25) is 0 Å². The van der Waals surface area contributed by atoms with Crippen LogP contribution in [-0.4, -0.2) is 46.6 Å². The van der Waals surface area contributed by atoms with Crippen molar-refractivity contribution in [1.29, 1.82) is 0 Å². The first kappa shape index (κ1) is 13.8. The van der Waals surface area contributed by atoms with Crippen LogP contribution in [0.1, 0.15) is 35.8 Å². The average molecular weight is 263 g/mol. The molecule has 2 N–H and O–H groups in total. The largest absolute Gasteiger partial charge is 0.478 e. The lowest BCUT2D eigenvalue weighted by Crippen LogP contribution is -2.36. The maximum absolute atomic E-state index is 10.9. The van der Waals surface area contributed by atoms with E-state index in [2.05, 4.69) is 29.2 Å². The van der Waals surface area contributed by atoms with Crippen LogP contribution < -0.4 is 5.32 Å². The number of pyridine rings is 1. The van der Waals surface area contributed by atoms with Crippen LogP contribution in [0.4, 0.5) is 5.82 Å². The van der Waals surface area contributed by atoms with Gasteiger partial charge in [-0.15, -0.1) is 0 Å². The molecule has 2 rings (SSSR count). The van der Waals surface area contributed by atoms with Gasteiger partial charge in [0.1, 0.15) is 5.82 Å². The van der Waals surface area contributed by atoms with Crippen LogP contribution in [0.5, 0.6) is 0 Å². The Morgan fingerprint density at radius 2 is 2.26 bits per heavy atom. The van der Waals surface area contributed by atoms with E-state index in [1.165, 1.54) is 12.8 Å². The Balaban J connectivity index is 1.92. The number of carboxylic acid groups (broad SMARTS) is 1. The van der Waals surface area contributed by atoms with Crippen LogP contribution in [0.3, 0.4) is 0 Å². The van der Waals surface area contributed by atoms with Crippen LogP contribution in [0.25, 0.3) is 0 Å². The van der Waals surface area contributed by atoms with Crippen molar-refractivity contribution in [2.45, 2.75) is 38.8 Å². The number of anilines is 1. The van der Waals surface area contributed by atoms with Gasteiger partial charge in [-0.25, -0.2) is 9.78 Å². The molecule has 1 aromatic rings. The number of carboxylic acids is 1. The molecule has 1 aliphatic carbocycles. The van der Waals surface area contributed by atoms with Crippen LogP contribution >= 0.6 is 0 Å². The third-order valence-corrected chi connectivity index (χ3v) is 3.71. The molecular weight excluding hydrogens is 242 g/mol. The minimum Gasteiger partial charge on any atom is -0.478 e. The van der Waals surface area contributed by atoms with E-state index < -0.39 is 5.97 Å². The van der Waals surface area contributed by atoms with E-state index in [0.29, 0.717) is 11.7 Å². The fourth-order valence-corrected chi connectivity index (χ4v) is 2.12. The van der Waals surface area contributed by atoms with Gasteiger partial charge < -0.3 is 10.4 Å². The smallest absolute Gasteiger partial charge is 0.337 e. The Hall–Kier alpha value is -1.62. The molecule has 0 radical (unpaired) electrons. The normalized spacial score (nSPS) is 16.4. The summed E-state index contributed by atoms with van der Waals surface area (Å²) in [5, 5.41) is 12.2. The number of hydrogen-bond acceptors (Lipinski definition) is 4. The van der Waals surface area contributed by atoms with Gasteiger partial charge in [0.15, 0.2) is 0 Å². The van der Waals surface area contributed by atoms with E-state index in [0.717, 1.165) is 18.4 Å². The number of carbonyl (C=O) groups is 1. The van der Waals surface area contributed by atoms with Gasteiger partial charge in [0.05, 0.1) is 11.3 Å². The minimum absolute atomic E-state index is 0.258. The van der Waals surface area contributed by atoms with Gasteiger partial charge in [0.25, 0.3) is 0 Å². The summed E-state index contributed by atoms with van der Waals surface area (Å²) in [6.07, 6.45) is 2.59. The van der Waals surface area contributed by atoms with Gasteiger partial charge in [-0.1, -0.05) is 0 Å². The van der Waals surface area contributed by atoms with Crippen LogP contribution in [-0.2, 0) is 0 Å². The first-order valence-electron chi connectivity index (χ1n) is 6.65. The summed E-state index contributed by atoms with van der Waals surface area (Å²) in [7, 11) is 2.15. The molecule has 0 saturated heterocycles. The summed E-state index contributed by atoms with van der Waals surface area (Å²) in [4.78, 5) is 17.6. The van der Waals surface area contributed by atoms with Crippen molar-refractivity contribution in [3.8, 4) is 0 Å². The number of nitrogens with one attached hydrogen (secondary N) is 1. The molecule has 1 saturated carbocycles. The number of hydrogen-bond donors (Lipinski definition) is 2. The molecule has 1 heterocycles. The third-order valence-electron chi connectivity index (χ3n) is 3.71. The molecule has 104 valence electrons. The topological polar surface area (TPSA) is 65.5 Å². The highest BCUT2D eigenvalue weighted by atomic mass is 16.4. The molecule has 0 bridgehead atoms. The molecule has 19 heavy (non-hydrogen) atoms. The van der Waals surface area contributed by atoms with Crippen molar-refractivity contribution in [2.24, 2.45) is 0 Å². The van der Waals surface area contributed by atoms with E-state index in [1.54, 1.807) is 19.1 Å². The molecule has 1 unspecified atom stereocenters. The highest BCUT2D eigenvalue weighted by Crippen LogP contribution is 2.26. The summed E-state index contributed by atoms with van der Waals surface area (Å²) in [6, 6.07) is 4.50. The van der Waals surface area contributed by atoms with Gasteiger partial charge in [-0.2, -0.15) is 0 Å². The zero-order chi connectivity index (χ0) is 14.0. The number of likely N-dealkylation sites (N-methyl/N-ethyl adjacent to an activating group) is 1. The second kappa shape index (κ2) is 5.57.